The van der Waals surface area contributed by atoms with Crippen molar-refractivity contribution >= 4 is 0 Å². The van der Waals surface area contributed by atoms with Crippen LogP contribution in [0.3, 0.4) is 0 Å². The second-order valence-electron chi connectivity index (χ2n) is 3.85. The lowest BCUT2D eigenvalue weighted by molar-refractivity contribution is -0.232. The van der Waals surface area contributed by atoms with Crippen LogP contribution in [0.4, 0.5) is 0 Å². The Morgan fingerprint density at radius 3 is 2.31 bits per heavy atom. The van der Waals surface area contributed by atoms with Gasteiger partial charge in [0.25, 0.3) is 0 Å². The molecule has 0 fully saturated rings. The number of hydrogen-bond donors (Lipinski definition) is 0. The molecule has 0 radical (unpaired) electrons. The van der Waals surface area contributed by atoms with Crippen molar-refractivity contribution in [1.82, 2.24) is 0 Å². The quantitative estimate of drug-likeness (QED) is 0.717. The molecule has 0 N–H and O–H groups in total. The Hall–Kier alpha value is -1.26. The molecule has 4 heteroatoms. The van der Waals surface area contributed by atoms with Crippen molar-refractivity contribution in [2.45, 2.75) is 12.7 Å². The van der Waals surface area contributed by atoms with E-state index in [-0.39, 0.29) is 0 Å². The highest BCUT2D eigenvalue weighted by Gasteiger charge is 2.35. The summed E-state index contributed by atoms with van der Waals surface area (Å²) in [6.07, 6.45) is 0. The van der Waals surface area contributed by atoms with Crippen molar-refractivity contribution in [3.8, 4) is 11.5 Å². The monoisotopic (exact) mass is 224 g/mol. The first kappa shape index (κ1) is 11.2. The normalized spacial score (nSPS) is 17.9. The fraction of sp³-hybridized carbons (Fsp3) is 0.500. The predicted molar refractivity (Wildman–Crippen MR) is 58.9 cm³/mol. The van der Waals surface area contributed by atoms with Crippen LogP contribution >= 0.6 is 0 Å². The van der Waals surface area contributed by atoms with Crippen LogP contribution in [0, 0.1) is 6.92 Å². The largest absolute Gasteiger partial charge is 0.484 e. The molecule has 0 bridgehead atoms. The Kier molecular flexibility index (Phi) is 3.03. The lowest BCUT2D eigenvalue weighted by Gasteiger charge is -2.27. The molecule has 1 aliphatic rings. The molecule has 16 heavy (non-hydrogen) atoms. The van der Waals surface area contributed by atoms with Gasteiger partial charge in [-0.1, -0.05) is 6.07 Å². The predicted octanol–water partition coefficient (Wildman–Crippen LogP) is 1.76. The molecule has 0 spiro atoms. The average molecular weight is 224 g/mol. The molecule has 1 aliphatic heterocycles. The standard InChI is InChI=1S/C12H16O4/c1-9-4-5-10-11(6-9)16-8-12(13-2,14-3)7-15-10/h4-6H,7-8H2,1-3H3. The number of methoxy groups -OCH3 is 2. The zero-order valence-electron chi connectivity index (χ0n) is 9.78. The summed E-state index contributed by atoms with van der Waals surface area (Å²) in [7, 11) is 3.16. The van der Waals surface area contributed by atoms with Crippen molar-refractivity contribution < 1.29 is 18.9 Å². The Balaban J connectivity index is 2.24. The van der Waals surface area contributed by atoms with Crippen molar-refractivity contribution in [3.63, 3.8) is 0 Å². The number of fused-ring (bicyclic) bond motifs is 1. The summed E-state index contributed by atoms with van der Waals surface area (Å²) in [6.45, 7) is 2.64. The Labute approximate surface area is 95.1 Å². The zero-order chi connectivity index (χ0) is 11.6. The van der Waals surface area contributed by atoms with E-state index in [1.807, 2.05) is 25.1 Å². The van der Waals surface area contributed by atoms with Crippen LogP contribution in [-0.2, 0) is 9.47 Å². The minimum atomic E-state index is -0.826. The molecular formula is C12H16O4. The van der Waals surface area contributed by atoms with Crippen molar-refractivity contribution in [2.24, 2.45) is 0 Å². The van der Waals surface area contributed by atoms with Gasteiger partial charge >= 0.3 is 0 Å². The maximum atomic E-state index is 5.65. The molecule has 88 valence electrons. The fourth-order valence-corrected chi connectivity index (χ4v) is 1.58. The van der Waals surface area contributed by atoms with Crippen molar-refractivity contribution in [1.29, 1.82) is 0 Å². The smallest absolute Gasteiger partial charge is 0.237 e. The van der Waals surface area contributed by atoms with Gasteiger partial charge < -0.3 is 18.9 Å². The number of hydrogen-bond acceptors (Lipinski definition) is 4. The molecule has 2 rings (SSSR count). The van der Waals surface area contributed by atoms with Gasteiger partial charge in [-0.15, -0.1) is 0 Å². The Morgan fingerprint density at radius 2 is 1.69 bits per heavy atom. The number of ether oxygens (including phenoxy) is 4. The summed E-state index contributed by atoms with van der Waals surface area (Å²) >= 11 is 0. The summed E-state index contributed by atoms with van der Waals surface area (Å²) in [5.74, 6) is 0.630. The minimum absolute atomic E-state index is 0.316. The Bertz CT molecular complexity index is 371. The van der Waals surface area contributed by atoms with Crippen LogP contribution in [-0.4, -0.2) is 33.2 Å². The molecule has 0 aromatic heterocycles. The SMILES string of the molecule is COC1(OC)COc2ccc(C)cc2OC1. The molecule has 1 heterocycles. The van der Waals surface area contributed by atoms with E-state index >= 15 is 0 Å². The minimum Gasteiger partial charge on any atom is -0.484 e. The van der Waals surface area contributed by atoms with E-state index in [2.05, 4.69) is 0 Å². The summed E-state index contributed by atoms with van der Waals surface area (Å²) in [5.41, 5.74) is 1.13. The number of rotatable bonds is 2. The van der Waals surface area contributed by atoms with Gasteiger partial charge in [-0.2, -0.15) is 0 Å². The molecule has 0 saturated heterocycles. The van der Waals surface area contributed by atoms with E-state index in [0.29, 0.717) is 13.2 Å². The zero-order valence-corrected chi connectivity index (χ0v) is 9.78. The van der Waals surface area contributed by atoms with Crippen LogP contribution in [0.25, 0.3) is 0 Å². The molecule has 1 aromatic rings. The maximum absolute atomic E-state index is 5.65. The third-order valence-corrected chi connectivity index (χ3v) is 2.74. The van der Waals surface area contributed by atoms with Gasteiger partial charge in [-0.25, -0.2) is 0 Å². The maximum Gasteiger partial charge on any atom is 0.237 e. The molecule has 1 aromatic carbocycles. The number of benzene rings is 1. The van der Waals surface area contributed by atoms with Gasteiger partial charge in [0.2, 0.25) is 5.79 Å². The highest BCUT2D eigenvalue weighted by Crippen LogP contribution is 2.32. The van der Waals surface area contributed by atoms with Gasteiger partial charge in [0.05, 0.1) is 0 Å². The van der Waals surface area contributed by atoms with E-state index in [1.165, 1.54) is 0 Å². The lowest BCUT2D eigenvalue weighted by Crippen LogP contribution is -2.44. The molecule has 0 aliphatic carbocycles. The topological polar surface area (TPSA) is 36.9 Å². The summed E-state index contributed by atoms with van der Waals surface area (Å²) in [4.78, 5) is 0. The summed E-state index contributed by atoms with van der Waals surface area (Å²) < 4.78 is 21.9. The van der Waals surface area contributed by atoms with Gasteiger partial charge in [0.1, 0.15) is 13.2 Å². The molecular weight excluding hydrogens is 208 g/mol. The third-order valence-electron chi connectivity index (χ3n) is 2.74. The highest BCUT2D eigenvalue weighted by molar-refractivity contribution is 5.43. The average Bonchev–Trinajstić information content (AvgIpc) is 2.49. The van der Waals surface area contributed by atoms with Gasteiger partial charge in [-0.05, 0) is 24.6 Å². The first-order valence-corrected chi connectivity index (χ1v) is 5.16. The third kappa shape index (κ3) is 1.99. The first-order chi connectivity index (χ1) is 7.69. The van der Waals surface area contributed by atoms with Crippen molar-refractivity contribution in [2.75, 3.05) is 27.4 Å². The Morgan fingerprint density at radius 1 is 1.06 bits per heavy atom. The molecule has 0 saturated carbocycles. The second kappa shape index (κ2) is 4.31. The van der Waals surface area contributed by atoms with E-state index in [0.717, 1.165) is 17.1 Å². The highest BCUT2D eigenvalue weighted by atomic mass is 16.7. The van der Waals surface area contributed by atoms with Crippen LogP contribution in [0.5, 0.6) is 11.5 Å². The molecule has 4 nitrogen and oxygen atoms in total. The van der Waals surface area contributed by atoms with Crippen LogP contribution < -0.4 is 9.47 Å². The molecule has 0 atom stereocenters. The molecule has 0 unspecified atom stereocenters. The van der Waals surface area contributed by atoms with Crippen LogP contribution in [0.15, 0.2) is 18.2 Å². The van der Waals surface area contributed by atoms with E-state index < -0.39 is 5.79 Å². The van der Waals surface area contributed by atoms with Gasteiger partial charge in [0.15, 0.2) is 11.5 Å². The molecule has 0 amide bonds. The number of aryl methyl sites for hydroxylation is 1. The van der Waals surface area contributed by atoms with Gasteiger partial charge in [0, 0.05) is 14.2 Å². The van der Waals surface area contributed by atoms with Crippen molar-refractivity contribution in [3.05, 3.63) is 23.8 Å². The second-order valence-corrected chi connectivity index (χ2v) is 3.85. The van der Waals surface area contributed by atoms with E-state index in [1.54, 1.807) is 14.2 Å². The van der Waals surface area contributed by atoms with Gasteiger partial charge in [-0.3, -0.25) is 0 Å². The summed E-state index contributed by atoms with van der Waals surface area (Å²) in [5, 5.41) is 0. The first-order valence-electron chi connectivity index (χ1n) is 5.16. The van der Waals surface area contributed by atoms with E-state index in [4.69, 9.17) is 18.9 Å². The summed E-state index contributed by atoms with van der Waals surface area (Å²) in [6, 6.07) is 5.82. The van der Waals surface area contributed by atoms with Crippen LogP contribution in [0.2, 0.25) is 0 Å². The lowest BCUT2D eigenvalue weighted by atomic mass is 10.2. The van der Waals surface area contributed by atoms with E-state index in [9.17, 15) is 0 Å². The fourth-order valence-electron chi connectivity index (χ4n) is 1.58. The van der Waals surface area contributed by atoms with Crippen LogP contribution in [0.1, 0.15) is 5.56 Å².